The van der Waals surface area contributed by atoms with Crippen molar-refractivity contribution in [2.45, 2.75) is 17.4 Å². The van der Waals surface area contributed by atoms with E-state index in [4.69, 9.17) is 14.6 Å². The van der Waals surface area contributed by atoms with E-state index in [0.29, 0.717) is 27.9 Å². The van der Waals surface area contributed by atoms with Crippen LogP contribution >= 0.6 is 31.9 Å². The Hall–Kier alpha value is -0.150. The molecular formula is C10H11Br2NO4S. The van der Waals surface area contributed by atoms with Gasteiger partial charge in [-0.15, -0.1) is 0 Å². The van der Waals surface area contributed by atoms with E-state index in [-0.39, 0.29) is 11.0 Å². The van der Waals surface area contributed by atoms with Crippen LogP contribution in [0, 0.1) is 0 Å². The highest BCUT2D eigenvalue weighted by Crippen LogP contribution is 2.37. The number of sulfonamides is 1. The smallest absolute Gasteiger partial charge is 0.238 e. The second kappa shape index (κ2) is 5.46. The number of nitrogens with two attached hydrogens (primary N) is 1. The van der Waals surface area contributed by atoms with Gasteiger partial charge < -0.3 is 9.47 Å². The Morgan fingerprint density at radius 2 is 1.94 bits per heavy atom. The summed E-state index contributed by atoms with van der Waals surface area (Å²) in [6, 6.07) is 2.84. The van der Waals surface area contributed by atoms with Gasteiger partial charge in [-0.05, 0) is 44.0 Å². The van der Waals surface area contributed by atoms with E-state index in [1.165, 1.54) is 12.1 Å². The van der Waals surface area contributed by atoms with E-state index in [1.807, 2.05) is 0 Å². The van der Waals surface area contributed by atoms with E-state index in [9.17, 15) is 8.42 Å². The van der Waals surface area contributed by atoms with Gasteiger partial charge >= 0.3 is 0 Å². The van der Waals surface area contributed by atoms with E-state index in [0.717, 1.165) is 6.42 Å². The zero-order valence-electron chi connectivity index (χ0n) is 9.23. The molecule has 100 valence electrons. The van der Waals surface area contributed by atoms with Crippen LogP contribution in [0.4, 0.5) is 0 Å². The Balaban J connectivity index is 2.32. The first-order valence-electron chi connectivity index (χ1n) is 5.14. The van der Waals surface area contributed by atoms with Gasteiger partial charge in [0.05, 0.1) is 27.1 Å². The van der Waals surface area contributed by atoms with E-state index in [2.05, 4.69) is 31.9 Å². The minimum absolute atomic E-state index is 0.0158. The molecule has 0 aromatic heterocycles. The lowest BCUT2D eigenvalue weighted by atomic mass is 10.3. The van der Waals surface area contributed by atoms with Crippen LogP contribution in [-0.2, 0) is 14.8 Å². The molecule has 1 aromatic carbocycles. The molecule has 18 heavy (non-hydrogen) atoms. The number of halogens is 2. The largest absolute Gasteiger partial charge is 0.486 e. The maximum atomic E-state index is 11.3. The van der Waals surface area contributed by atoms with Crippen LogP contribution in [0.5, 0.6) is 5.75 Å². The molecule has 1 aliphatic rings. The summed E-state index contributed by atoms with van der Waals surface area (Å²) in [5.74, 6) is 0.554. The van der Waals surface area contributed by atoms with Crippen molar-refractivity contribution in [2.75, 3.05) is 13.2 Å². The summed E-state index contributed by atoms with van der Waals surface area (Å²) in [6.07, 6.45) is 0.799. The fraction of sp³-hybridized carbons (Fsp3) is 0.400. The summed E-state index contributed by atoms with van der Waals surface area (Å²) < 4.78 is 34.6. The zero-order chi connectivity index (χ0) is 13.3. The third-order valence-electron chi connectivity index (χ3n) is 2.47. The molecule has 2 N–H and O–H groups in total. The molecule has 1 aromatic rings. The molecule has 0 spiro atoms. The molecule has 1 unspecified atom stereocenters. The summed E-state index contributed by atoms with van der Waals surface area (Å²) >= 11 is 6.56. The van der Waals surface area contributed by atoms with Crippen molar-refractivity contribution < 1.29 is 17.9 Å². The van der Waals surface area contributed by atoms with Crippen LogP contribution in [0.15, 0.2) is 26.0 Å². The number of hydrogen-bond acceptors (Lipinski definition) is 4. The molecule has 8 heteroatoms. The topological polar surface area (TPSA) is 78.6 Å². The number of rotatable bonds is 3. The third-order valence-corrected chi connectivity index (χ3v) is 4.54. The molecule has 1 heterocycles. The van der Waals surface area contributed by atoms with Gasteiger partial charge in [0, 0.05) is 6.42 Å². The lowest BCUT2D eigenvalue weighted by Crippen LogP contribution is -2.17. The van der Waals surface area contributed by atoms with Crippen LogP contribution in [0.1, 0.15) is 6.42 Å². The Morgan fingerprint density at radius 3 is 2.39 bits per heavy atom. The molecule has 0 amide bonds. The molecule has 0 saturated carbocycles. The molecule has 1 saturated heterocycles. The van der Waals surface area contributed by atoms with Gasteiger partial charge in [-0.3, -0.25) is 0 Å². The molecule has 1 atom stereocenters. The van der Waals surface area contributed by atoms with Crippen molar-refractivity contribution in [3.63, 3.8) is 0 Å². The van der Waals surface area contributed by atoms with Gasteiger partial charge in [-0.25, -0.2) is 13.6 Å². The molecule has 5 nitrogen and oxygen atoms in total. The monoisotopic (exact) mass is 399 g/mol. The summed E-state index contributed by atoms with van der Waals surface area (Å²) in [4.78, 5) is 0.0243. The first kappa shape index (κ1) is 14.3. The maximum Gasteiger partial charge on any atom is 0.238 e. The molecular weight excluding hydrogens is 390 g/mol. The summed E-state index contributed by atoms with van der Waals surface area (Å²) in [5, 5.41) is 5.08. The maximum absolute atomic E-state index is 11.3. The van der Waals surface area contributed by atoms with Gasteiger partial charge in [-0.2, -0.15) is 0 Å². The quantitative estimate of drug-likeness (QED) is 0.841. The highest BCUT2D eigenvalue weighted by molar-refractivity contribution is 9.11. The summed E-state index contributed by atoms with van der Waals surface area (Å²) in [5.41, 5.74) is 0. The van der Waals surface area contributed by atoms with Crippen molar-refractivity contribution in [1.82, 2.24) is 0 Å². The van der Waals surface area contributed by atoms with Crippen molar-refractivity contribution in [3.05, 3.63) is 21.1 Å². The summed E-state index contributed by atoms with van der Waals surface area (Å²) in [6.45, 7) is 1.21. The average molecular weight is 401 g/mol. The predicted octanol–water partition coefficient (Wildman–Crippen LogP) is 2.03. The fourth-order valence-corrected chi connectivity index (χ4v) is 3.83. The van der Waals surface area contributed by atoms with Crippen molar-refractivity contribution in [2.24, 2.45) is 5.14 Å². The van der Waals surface area contributed by atoms with Crippen LogP contribution in [0.3, 0.4) is 0 Å². The van der Waals surface area contributed by atoms with Gasteiger partial charge in [0.2, 0.25) is 10.0 Å². The Morgan fingerprint density at radius 1 is 1.33 bits per heavy atom. The number of ether oxygens (including phenoxy) is 2. The minimum atomic E-state index is -3.73. The normalized spacial score (nSPS) is 20.1. The molecule has 0 radical (unpaired) electrons. The van der Waals surface area contributed by atoms with Gasteiger partial charge in [0.15, 0.2) is 0 Å². The van der Waals surface area contributed by atoms with Crippen LogP contribution in [0.2, 0.25) is 0 Å². The molecule has 2 rings (SSSR count). The lowest BCUT2D eigenvalue weighted by molar-refractivity contribution is 0.140. The van der Waals surface area contributed by atoms with Gasteiger partial charge in [0.25, 0.3) is 0 Å². The molecule has 0 aliphatic carbocycles. The van der Waals surface area contributed by atoms with Crippen LogP contribution in [0.25, 0.3) is 0 Å². The Bertz CT molecular complexity index is 532. The zero-order valence-corrected chi connectivity index (χ0v) is 13.2. The standard InChI is InChI=1S/C10H11Br2NO4S/c11-8-3-7(18(13,14)15)4-9(12)10(8)17-6-1-2-16-5-6/h3-4,6H,1-2,5H2,(H2,13,14,15). The lowest BCUT2D eigenvalue weighted by Gasteiger charge is -2.15. The first-order valence-corrected chi connectivity index (χ1v) is 8.27. The SMILES string of the molecule is NS(=O)(=O)c1cc(Br)c(OC2CCOC2)c(Br)c1. The Kier molecular flexibility index (Phi) is 4.32. The first-order chi connectivity index (χ1) is 8.38. The highest BCUT2D eigenvalue weighted by Gasteiger charge is 2.21. The van der Waals surface area contributed by atoms with Crippen molar-refractivity contribution >= 4 is 41.9 Å². The second-order valence-electron chi connectivity index (χ2n) is 3.86. The second-order valence-corrected chi connectivity index (χ2v) is 7.13. The molecule has 1 fully saturated rings. The molecule has 0 bridgehead atoms. The average Bonchev–Trinajstić information content (AvgIpc) is 2.74. The Labute approximate surface area is 122 Å². The number of primary sulfonamides is 1. The fourth-order valence-electron chi connectivity index (χ4n) is 1.59. The van der Waals surface area contributed by atoms with Crippen LogP contribution in [-0.4, -0.2) is 27.7 Å². The van der Waals surface area contributed by atoms with E-state index < -0.39 is 10.0 Å². The van der Waals surface area contributed by atoms with Crippen molar-refractivity contribution in [1.29, 1.82) is 0 Å². The number of benzene rings is 1. The van der Waals surface area contributed by atoms with Crippen LogP contribution < -0.4 is 9.88 Å². The summed E-state index contributed by atoms with van der Waals surface area (Å²) in [7, 11) is -3.73. The van der Waals surface area contributed by atoms with E-state index in [1.54, 1.807) is 0 Å². The number of hydrogen-bond donors (Lipinski definition) is 1. The van der Waals surface area contributed by atoms with E-state index >= 15 is 0 Å². The highest BCUT2D eigenvalue weighted by atomic mass is 79.9. The predicted molar refractivity (Wildman–Crippen MR) is 73.1 cm³/mol. The molecule has 1 aliphatic heterocycles. The third kappa shape index (κ3) is 3.24. The van der Waals surface area contributed by atoms with Gasteiger partial charge in [-0.1, -0.05) is 0 Å². The van der Waals surface area contributed by atoms with Gasteiger partial charge in [0.1, 0.15) is 11.9 Å². The van der Waals surface area contributed by atoms with Crippen molar-refractivity contribution in [3.8, 4) is 5.75 Å². The minimum Gasteiger partial charge on any atom is -0.486 e.